The van der Waals surface area contributed by atoms with E-state index in [1.807, 2.05) is 19.1 Å². The van der Waals surface area contributed by atoms with Gasteiger partial charge in [-0.3, -0.25) is 0 Å². The van der Waals surface area contributed by atoms with E-state index in [0.717, 1.165) is 16.6 Å². The molecule has 0 aliphatic carbocycles. The van der Waals surface area contributed by atoms with E-state index >= 15 is 0 Å². The monoisotopic (exact) mass is 319 g/mol. The number of oxazole rings is 1. The molecule has 7 heteroatoms. The Hall–Kier alpha value is -2.04. The number of aromatic nitrogens is 2. The Bertz CT molecular complexity index is 835. The fourth-order valence-corrected chi connectivity index (χ4v) is 2.63. The van der Waals surface area contributed by atoms with E-state index < -0.39 is 8.89 Å². The lowest BCUT2D eigenvalue weighted by Crippen LogP contribution is -2.01. The molecule has 0 saturated carbocycles. The van der Waals surface area contributed by atoms with Gasteiger partial charge in [-0.15, -0.1) is 0 Å². The molecule has 1 aromatic carbocycles. The summed E-state index contributed by atoms with van der Waals surface area (Å²) in [6.07, 6.45) is 0. The molecule has 1 unspecified atom stereocenters. The van der Waals surface area contributed by atoms with Gasteiger partial charge in [-0.25, -0.2) is 14.2 Å². The summed E-state index contributed by atoms with van der Waals surface area (Å²) in [6, 6.07) is 7.09. The van der Waals surface area contributed by atoms with Crippen LogP contribution >= 0.6 is 8.89 Å². The molecule has 0 aliphatic heterocycles. The van der Waals surface area contributed by atoms with Crippen LogP contribution in [-0.2, 0) is 6.54 Å². The van der Waals surface area contributed by atoms with Crippen LogP contribution in [-0.4, -0.2) is 17.1 Å². The first kappa shape index (κ1) is 14.9. The number of halogens is 1. The number of methoxy groups -OCH3 is 1. The van der Waals surface area contributed by atoms with Gasteiger partial charge >= 0.3 is 0 Å². The number of pyridine rings is 1. The van der Waals surface area contributed by atoms with Crippen molar-refractivity contribution in [1.29, 1.82) is 0 Å². The third-order valence-corrected chi connectivity index (χ3v) is 3.92. The van der Waals surface area contributed by atoms with Crippen LogP contribution in [0.25, 0.3) is 22.4 Å². The first-order valence-electron chi connectivity index (χ1n) is 6.69. The summed E-state index contributed by atoms with van der Waals surface area (Å²) < 4.78 is 23.9. The molecule has 0 spiro atoms. The molecule has 3 rings (SSSR count). The van der Waals surface area contributed by atoms with Crippen molar-refractivity contribution in [3.05, 3.63) is 35.7 Å². The highest BCUT2D eigenvalue weighted by atomic mass is 31.1. The van der Waals surface area contributed by atoms with Crippen LogP contribution in [0.4, 0.5) is 4.20 Å². The molecule has 0 saturated heterocycles. The lowest BCUT2D eigenvalue weighted by Gasteiger charge is -2.08. The van der Waals surface area contributed by atoms with Gasteiger partial charge in [0.05, 0.1) is 24.8 Å². The SMILES string of the molecule is COc1ccc(-c2nc(C)c(CN)o2)c2ccc(PF)nc12. The van der Waals surface area contributed by atoms with Crippen LogP contribution in [0.1, 0.15) is 11.5 Å². The van der Waals surface area contributed by atoms with Crippen LogP contribution in [0.2, 0.25) is 0 Å². The average molecular weight is 319 g/mol. The van der Waals surface area contributed by atoms with Crippen LogP contribution in [0, 0.1) is 6.92 Å². The number of ether oxygens (including phenoxy) is 1. The Balaban J connectivity index is 2.25. The molecular formula is C15H15FN3O2P. The lowest BCUT2D eigenvalue weighted by atomic mass is 10.1. The molecule has 0 bridgehead atoms. The maximum Gasteiger partial charge on any atom is 0.227 e. The topological polar surface area (TPSA) is 74.2 Å². The molecule has 0 fully saturated rings. The Labute approximate surface area is 128 Å². The molecule has 0 aliphatic rings. The molecule has 0 amide bonds. The second-order valence-electron chi connectivity index (χ2n) is 4.73. The second-order valence-corrected chi connectivity index (χ2v) is 5.44. The van der Waals surface area contributed by atoms with Gasteiger partial charge in [-0.05, 0) is 31.2 Å². The van der Waals surface area contributed by atoms with Crippen molar-refractivity contribution in [2.45, 2.75) is 13.5 Å². The quantitative estimate of drug-likeness (QED) is 0.749. The molecule has 5 nitrogen and oxygen atoms in total. The van der Waals surface area contributed by atoms with Crippen molar-refractivity contribution in [2.24, 2.45) is 5.73 Å². The number of nitrogens with zero attached hydrogens (tertiary/aromatic N) is 2. The fourth-order valence-electron chi connectivity index (χ4n) is 2.33. The van der Waals surface area contributed by atoms with E-state index in [1.165, 1.54) is 0 Å². The highest BCUT2D eigenvalue weighted by molar-refractivity contribution is 7.41. The zero-order valence-corrected chi connectivity index (χ0v) is 13.2. The van der Waals surface area contributed by atoms with Gasteiger partial charge in [0.15, 0.2) is 0 Å². The molecular weight excluding hydrogens is 304 g/mol. The summed E-state index contributed by atoms with van der Waals surface area (Å²) in [5.74, 6) is 1.71. The molecule has 3 aromatic rings. The highest BCUT2D eigenvalue weighted by Crippen LogP contribution is 2.33. The van der Waals surface area contributed by atoms with Gasteiger partial charge in [-0.1, -0.05) is 0 Å². The first-order valence-corrected chi connectivity index (χ1v) is 7.57. The summed E-state index contributed by atoms with van der Waals surface area (Å²) >= 11 is 0. The van der Waals surface area contributed by atoms with Gasteiger partial charge < -0.3 is 14.9 Å². The Kier molecular flexibility index (Phi) is 4.05. The van der Waals surface area contributed by atoms with Crippen molar-refractivity contribution in [3.63, 3.8) is 0 Å². The van der Waals surface area contributed by atoms with Crippen molar-refractivity contribution < 1.29 is 13.4 Å². The van der Waals surface area contributed by atoms with Crippen molar-refractivity contribution in [3.8, 4) is 17.2 Å². The number of nitrogens with two attached hydrogens (primary N) is 1. The zero-order valence-electron chi connectivity index (χ0n) is 12.2. The van der Waals surface area contributed by atoms with E-state index in [4.69, 9.17) is 14.9 Å². The van der Waals surface area contributed by atoms with E-state index in [9.17, 15) is 4.20 Å². The van der Waals surface area contributed by atoms with E-state index in [0.29, 0.717) is 28.4 Å². The van der Waals surface area contributed by atoms with E-state index in [-0.39, 0.29) is 6.54 Å². The molecule has 22 heavy (non-hydrogen) atoms. The number of rotatable bonds is 4. The minimum Gasteiger partial charge on any atom is -0.494 e. The van der Waals surface area contributed by atoms with E-state index in [1.54, 1.807) is 19.2 Å². The molecule has 114 valence electrons. The van der Waals surface area contributed by atoms with Gasteiger partial charge in [0, 0.05) is 10.9 Å². The van der Waals surface area contributed by atoms with Gasteiger partial charge in [0.2, 0.25) is 5.89 Å². The predicted octanol–water partition coefficient (Wildman–Crippen LogP) is 2.85. The number of fused-ring (bicyclic) bond motifs is 1. The van der Waals surface area contributed by atoms with Crippen LogP contribution < -0.4 is 15.9 Å². The molecule has 2 heterocycles. The number of hydrogen-bond acceptors (Lipinski definition) is 5. The molecule has 1 atom stereocenters. The van der Waals surface area contributed by atoms with Gasteiger partial charge in [0.1, 0.15) is 25.9 Å². The summed E-state index contributed by atoms with van der Waals surface area (Å²) in [6.45, 7) is 2.14. The smallest absolute Gasteiger partial charge is 0.227 e. The lowest BCUT2D eigenvalue weighted by molar-refractivity contribution is 0.419. The van der Waals surface area contributed by atoms with Crippen molar-refractivity contribution >= 4 is 25.2 Å². The van der Waals surface area contributed by atoms with Crippen LogP contribution in [0.15, 0.2) is 28.7 Å². The number of hydrogen-bond donors (Lipinski definition) is 1. The summed E-state index contributed by atoms with van der Waals surface area (Å²) in [4.78, 5) is 8.73. The molecule has 2 N–H and O–H groups in total. The minimum absolute atomic E-state index is 0.290. The predicted molar refractivity (Wildman–Crippen MR) is 85.5 cm³/mol. The maximum absolute atomic E-state index is 12.9. The standard InChI is InChI=1S/C15H15FN3O2P/c1-8-12(7-17)21-15(18-8)10-3-5-11(20-2)14-9(10)4-6-13(19-14)22-16/h3-6,22H,7,17H2,1-2H3. The first-order chi connectivity index (χ1) is 10.7. The maximum atomic E-state index is 12.9. The largest absolute Gasteiger partial charge is 0.494 e. The second kappa shape index (κ2) is 5.99. The highest BCUT2D eigenvalue weighted by Gasteiger charge is 2.16. The zero-order chi connectivity index (χ0) is 15.7. The third-order valence-electron chi connectivity index (χ3n) is 3.45. The Morgan fingerprint density at radius 2 is 2.09 bits per heavy atom. The number of aryl methyl sites for hydroxylation is 1. The number of benzene rings is 1. The molecule has 0 radical (unpaired) electrons. The van der Waals surface area contributed by atoms with Gasteiger partial charge in [-0.2, -0.15) is 0 Å². The van der Waals surface area contributed by atoms with Crippen LogP contribution in [0.5, 0.6) is 5.75 Å². The summed E-state index contributed by atoms with van der Waals surface area (Å²) in [5, 5.41) is 0.797. The van der Waals surface area contributed by atoms with Crippen molar-refractivity contribution in [2.75, 3.05) is 7.11 Å². The summed E-state index contributed by atoms with van der Waals surface area (Å²) in [7, 11) is 0.692. The Morgan fingerprint density at radius 1 is 1.27 bits per heavy atom. The van der Waals surface area contributed by atoms with Gasteiger partial charge in [0.25, 0.3) is 0 Å². The van der Waals surface area contributed by atoms with Crippen LogP contribution in [0.3, 0.4) is 0 Å². The minimum atomic E-state index is -0.866. The van der Waals surface area contributed by atoms with E-state index in [2.05, 4.69) is 9.97 Å². The third kappa shape index (κ3) is 2.45. The normalized spacial score (nSPS) is 11.6. The van der Waals surface area contributed by atoms with Crippen molar-refractivity contribution in [1.82, 2.24) is 9.97 Å². The summed E-state index contributed by atoms with van der Waals surface area (Å²) in [5.41, 5.74) is 8.14. The Morgan fingerprint density at radius 3 is 2.73 bits per heavy atom. The fraction of sp³-hybridized carbons (Fsp3) is 0.200. The molecule has 2 aromatic heterocycles. The average Bonchev–Trinajstić information content (AvgIpc) is 2.93.